The van der Waals surface area contributed by atoms with E-state index < -0.39 is 0 Å². The summed E-state index contributed by atoms with van der Waals surface area (Å²) in [6.07, 6.45) is 4.31. The lowest BCUT2D eigenvalue weighted by atomic mass is 10.1. The standard InChI is InChI=1S/C16H18ClN3O/c1-3-7-19-14-5-4-12(17)9-13(14)16(21)20-15-10-18-8-6-11(15)2/h4-6,8-10,19H,3,7H2,1-2H3,(H,20,21). The first-order chi connectivity index (χ1) is 10.1. The van der Waals surface area contributed by atoms with E-state index in [4.69, 9.17) is 11.6 Å². The Labute approximate surface area is 129 Å². The highest BCUT2D eigenvalue weighted by molar-refractivity contribution is 6.31. The van der Waals surface area contributed by atoms with Crippen molar-refractivity contribution in [3.05, 3.63) is 52.8 Å². The third-order valence-electron chi connectivity index (χ3n) is 3.08. The number of carbonyl (C=O) groups excluding carboxylic acids is 1. The predicted molar refractivity (Wildman–Crippen MR) is 87.2 cm³/mol. The summed E-state index contributed by atoms with van der Waals surface area (Å²) >= 11 is 6.01. The molecule has 0 bridgehead atoms. The van der Waals surface area contributed by atoms with E-state index in [-0.39, 0.29) is 5.91 Å². The van der Waals surface area contributed by atoms with Crippen molar-refractivity contribution in [1.82, 2.24) is 4.98 Å². The molecule has 0 saturated carbocycles. The average Bonchev–Trinajstić information content (AvgIpc) is 2.48. The molecule has 110 valence electrons. The summed E-state index contributed by atoms with van der Waals surface area (Å²) in [4.78, 5) is 16.5. The van der Waals surface area contributed by atoms with Gasteiger partial charge >= 0.3 is 0 Å². The second-order valence-corrected chi connectivity index (χ2v) is 5.20. The summed E-state index contributed by atoms with van der Waals surface area (Å²) in [5, 5.41) is 6.64. The summed E-state index contributed by atoms with van der Waals surface area (Å²) in [7, 11) is 0. The highest BCUT2D eigenvalue weighted by Gasteiger charge is 2.13. The molecule has 0 saturated heterocycles. The molecule has 0 fully saturated rings. The van der Waals surface area contributed by atoms with Gasteiger partial charge in [0.2, 0.25) is 0 Å². The van der Waals surface area contributed by atoms with Gasteiger partial charge in [-0.1, -0.05) is 18.5 Å². The van der Waals surface area contributed by atoms with E-state index in [0.717, 1.165) is 24.2 Å². The Morgan fingerprint density at radius 3 is 2.81 bits per heavy atom. The van der Waals surface area contributed by atoms with Crippen molar-refractivity contribution in [3.8, 4) is 0 Å². The van der Waals surface area contributed by atoms with Crippen LogP contribution < -0.4 is 10.6 Å². The first-order valence-corrected chi connectivity index (χ1v) is 7.25. The Bertz CT molecular complexity index is 643. The Morgan fingerprint density at radius 1 is 1.29 bits per heavy atom. The smallest absolute Gasteiger partial charge is 0.257 e. The molecule has 4 nitrogen and oxygen atoms in total. The molecule has 0 aliphatic rings. The lowest BCUT2D eigenvalue weighted by Gasteiger charge is -2.13. The van der Waals surface area contributed by atoms with Crippen molar-refractivity contribution in [2.75, 3.05) is 17.2 Å². The van der Waals surface area contributed by atoms with Crippen LogP contribution in [-0.2, 0) is 0 Å². The maximum Gasteiger partial charge on any atom is 0.257 e. The van der Waals surface area contributed by atoms with Gasteiger partial charge in [0.25, 0.3) is 5.91 Å². The number of rotatable bonds is 5. The number of amides is 1. The van der Waals surface area contributed by atoms with Crippen LogP contribution in [0.1, 0.15) is 29.3 Å². The van der Waals surface area contributed by atoms with Crippen LogP contribution in [0.25, 0.3) is 0 Å². The van der Waals surface area contributed by atoms with Crippen LogP contribution in [0.4, 0.5) is 11.4 Å². The molecular formula is C16H18ClN3O. The van der Waals surface area contributed by atoms with Gasteiger partial charge in [-0.15, -0.1) is 0 Å². The number of nitrogens with one attached hydrogen (secondary N) is 2. The second kappa shape index (κ2) is 7.09. The molecule has 1 aromatic carbocycles. The van der Waals surface area contributed by atoms with E-state index in [9.17, 15) is 4.79 Å². The number of nitrogens with zero attached hydrogens (tertiary/aromatic N) is 1. The van der Waals surface area contributed by atoms with E-state index in [0.29, 0.717) is 16.3 Å². The number of aryl methyl sites for hydroxylation is 1. The van der Waals surface area contributed by atoms with E-state index >= 15 is 0 Å². The zero-order valence-electron chi connectivity index (χ0n) is 12.1. The number of anilines is 2. The molecule has 0 radical (unpaired) electrons. The summed E-state index contributed by atoms with van der Waals surface area (Å²) in [6, 6.07) is 7.11. The number of halogens is 1. The number of pyridine rings is 1. The number of aromatic nitrogens is 1. The van der Waals surface area contributed by atoms with E-state index in [1.165, 1.54) is 0 Å². The minimum Gasteiger partial charge on any atom is -0.384 e. The first kappa shape index (κ1) is 15.3. The lowest BCUT2D eigenvalue weighted by Crippen LogP contribution is -2.16. The average molecular weight is 304 g/mol. The van der Waals surface area contributed by atoms with E-state index in [1.807, 2.05) is 19.1 Å². The molecule has 0 aliphatic carbocycles. The molecule has 5 heteroatoms. The van der Waals surface area contributed by atoms with Gasteiger partial charge < -0.3 is 10.6 Å². The first-order valence-electron chi connectivity index (χ1n) is 6.87. The Kier molecular flexibility index (Phi) is 5.17. The third-order valence-corrected chi connectivity index (χ3v) is 3.31. The summed E-state index contributed by atoms with van der Waals surface area (Å²) in [5.41, 5.74) is 2.96. The molecule has 2 N–H and O–H groups in total. The molecule has 0 unspecified atom stereocenters. The van der Waals surface area contributed by atoms with E-state index in [2.05, 4.69) is 22.5 Å². The van der Waals surface area contributed by atoms with Crippen molar-refractivity contribution in [1.29, 1.82) is 0 Å². The van der Waals surface area contributed by atoms with Crippen molar-refractivity contribution in [3.63, 3.8) is 0 Å². The predicted octanol–water partition coefficient (Wildman–Crippen LogP) is 4.12. The fourth-order valence-corrected chi connectivity index (χ4v) is 2.07. The molecule has 1 aromatic heterocycles. The van der Waals surface area contributed by atoms with Crippen molar-refractivity contribution in [2.45, 2.75) is 20.3 Å². The largest absolute Gasteiger partial charge is 0.384 e. The summed E-state index contributed by atoms with van der Waals surface area (Å²) < 4.78 is 0. The van der Waals surface area contributed by atoms with Crippen molar-refractivity contribution >= 4 is 28.9 Å². The minimum absolute atomic E-state index is 0.202. The van der Waals surface area contributed by atoms with E-state index in [1.54, 1.807) is 24.5 Å². The molecule has 2 aromatic rings. The van der Waals surface area contributed by atoms with Gasteiger partial charge in [0.15, 0.2) is 0 Å². The van der Waals surface area contributed by atoms with Gasteiger partial charge in [-0.2, -0.15) is 0 Å². The second-order valence-electron chi connectivity index (χ2n) is 4.76. The minimum atomic E-state index is -0.202. The normalized spacial score (nSPS) is 10.2. The Morgan fingerprint density at radius 2 is 2.10 bits per heavy atom. The highest BCUT2D eigenvalue weighted by atomic mass is 35.5. The number of carbonyl (C=O) groups is 1. The Hall–Kier alpha value is -2.07. The monoisotopic (exact) mass is 303 g/mol. The summed E-state index contributed by atoms with van der Waals surface area (Å²) in [6.45, 7) is 4.79. The number of hydrogen-bond donors (Lipinski definition) is 2. The van der Waals surface area contributed by atoms with Gasteiger partial charge in [0, 0.05) is 23.5 Å². The topological polar surface area (TPSA) is 54.0 Å². The molecule has 0 aliphatic heterocycles. The van der Waals surface area contributed by atoms with Crippen LogP contribution in [0.2, 0.25) is 5.02 Å². The van der Waals surface area contributed by atoms with Crippen LogP contribution in [0, 0.1) is 6.92 Å². The maximum atomic E-state index is 12.5. The van der Waals surface area contributed by atoms with Gasteiger partial charge in [-0.25, -0.2) is 0 Å². The van der Waals surface area contributed by atoms with Gasteiger partial charge in [0.05, 0.1) is 17.4 Å². The molecule has 1 amide bonds. The molecule has 1 heterocycles. The summed E-state index contributed by atoms with van der Waals surface area (Å²) in [5.74, 6) is -0.202. The van der Waals surface area contributed by atoms with Crippen LogP contribution in [-0.4, -0.2) is 17.4 Å². The molecule has 0 atom stereocenters. The quantitative estimate of drug-likeness (QED) is 0.873. The lowest BCUT2D eigenvalue weighted by molar-refractivity contribution is 0.102. The number of hydrogen-bond acceptors (Lipinski definition) is 3. The van der Waals surface area contributed by atoms with Gasteiger partial charge in [0.1, 0.15) is 0 Å². The van der Waals surface area contributed by atoms with Crippen LogP contribution in [0.5, 0.6) is 0 Å². The molecule has 2 rings (SSSR count). The van der Waals surface area contributed by atoms with Crippen molar-refractivity contribution < 1.29 is 4.79 Å². The molecule has 21 heavy (non-hydrogen) atoms. The molecule has 0 spiro atoms. The fourth-order valence-electron chi connectivity index (χ4n) is 1.90. The third kappa shape index (κ3) is 3.95. The van der Waals surface area contributed by atoms with Gasteiger partial charge in [-0.05, 0) is 43.2 Å². The van der Waals surface area contributed by atoms with Gasteiger partial charge in [-0.3, -0.25) is 9.78 Å². The molecular weight excluding hydrogens is 286 g/mol. The highest BCUT2D eigenvalue weighted by Crippen LogP contribution is 2.22. The Balaban J connectivity index is 2.25. The van der Waals surface area contributed by atoms with Crippen LogP contribution in [0.15, 0.2) is 36.7 Å². The van der Waals surface area contributed by atoms with Crippen molar-refractivity contribution in [2.24, 2.45) is 0 Å². The zero-order chi connectivity index (χ0) is 15.2. The van der Waals surface area contributed by atoms with Crippen LogP contribution in [0.3, 0.4) is 0 Å². The fraction of sp³-hybridized carbons (Fsp3) is 0.250. The SMILES string of the molecule is CCCNc1ccc(Cl)cc1C(=O)Nc1cnccc1C. The zero-order valence-corrected chi connectivity index (χ0v) is 12.9. The number of benzene rings is 1. The maximum absolute atomic E-state index is 12.5. The van der Waals surface area contributed by atoms with Crippen LogP contribution >= 0.6 is 11.6 Å².